The van der Waals surface area contributed by atoms with Crippen molar-refractivity contribution in [1.82, 2.24) is 4.90 Å². The summed E-state index contributed by atoms with van der Waals surface area (Å²) in [4.78, 5) is 12.9. The van der Waals surface area contributed by atoms with Crippen LogP contribution in [-0.4, -0.2) is 99.1 Å². The smallest absolute Gasteiger partial charge is 0.177 e. The van der Waals surface area contributed by atoms with Gasteiger partial charge in [-0.05, 0) is 14.1 Å². The number of likely N-dealkylation sites (N-methyl/N-ethyl adjacent to an activating group) is 1. The third-order valence-corrected chi connectivity index (χ3v) is 2.41. The van der Waals surface area contributed by atoms with E-state index in [1.807, 2.05) is 0 Å². The summed E-state index contributed by atoms with van der Waals surface area (Å²) in [6, 6.07) is 0. The van der Waals surface area contributed by atoms with Crippen molar-refractivity contribution in [1.29, 1.82) is 0 Å². The molecule has 108 valence electrons. The van der Waals surface area contributed by atoms with Crippen LogP contribution < -0.4 is 0 Å². The van der Waals surface area contributed by atoms with Crippen molar-refractivity contribution in [3.8, 4) is 0 Å². The molecule has 0 saturated heterocycles. The van der Waals surface area contributed by atoms with Crippen LogP contribution >= 0.6 is 0 Å². The Morgan fingerprint density at radius 2 is 1.50 bits per heavy atom. The molecule has 0 spiro atoms. The van der Waals surface area contributed by atoms with Crippen LogP contribution in [0.15, 0.2) is 0 Å². The van der Waals surface area contributed by atoms with Crippen molar-refractivity contribution in [3.63, 3.8) is 0 Å². The molecule has 0 aliphatic rings. The monoisotopic (exact) mass is 267 g/mol. The van der Waals surface area contributed by atoms with Gasteiger partial charge in [-0.3, -0.25) is 4.79 Å². The zero-order valence-corrected chi connectivity index (χ0v) is 10.3. The van der Waals surface area contributed by atoms with E-state index in [0.29, 0.717) is 0 Å². The lowest BCUT2D eigenvalue weighted by molar-refractivity contribution is -0.155. The van der Waals surface area contributed by atoms with Crippen LogP contribution in [0.1, 0.15) is 0 Å². The van der Waals surface area contributed by atoms with E-state index in [2.05, 4.69) is 0 Å². The second kappa shape index (κ2) is 7.74. The van der Waals surface area contributed by atoms with Gasteiger partial charge in [0.1, 0.15) is 30.5 Å². The molecule has 0 bridgehead atoms. The molecule has 0 rings (SSSR count). The van der Waals surface area contributed by atoms with E-state index < -0.39 is 42.9 Å². The van der Waals surface area contributed by atoms with E-state index in [9.17, 15) is 25.2 Å². The van der Waals surface area contributed by atoms with Crippen molar-refractivity contribution in [3.05, 3.63) is 0 Å². The maximum Gasteiger partial charge on any atom is 0.177 e. The van der Waals surface area contributed by atoms with Gasteiger partial charge in [0, 0.05) is 0 Å². The van der Waals surface area contributed by atoms with E-state index in [0.717, 1.165) is 0 Å². The van der Waals surface area contributed by atoms with Crippen LogP contribution in [0.4, 0.5) is 0 Å². The molecule has 0 saturated carbocycles. The average molecular weight is 267 g/mol. The Bertz CT molecular complexity index is 261. The fourth-order valence-corrected chi connectivity index (χ4v) is 1.32. The summed E-state index contributed by atoms with van der Waals surface area (Å²) < 4.78 is 0. The molecule has 0 amide bonds. The van der Waals surface area contributed by atoms with Gasteiger partial charge in [-0.15, -0.1) is 0 Å². The van der Waals surface area contributed by atoms with E-state index in [4.69, 9.17) is 10.2 Å². The van der Waals surface area contributed by atoms with Crippen LogP contribution in [0.2, 0.25) is 0 Å². The molecule has 18 heavy (non-hydrogen) atoms. The number of ketones is 1. The van der Waals surface area contributed by atoms with Crippen molar-refractivity contribution in [2.45, 2.75) is 30.5 Å². The minimum atomic E-state index is -1.95. The van der Waals surface area contributed by atoms with Gasteiger partial charge in [0.2, 0.25) is 0 Å². The van der Waals surface area contributed by atoms with Crippen LogP contribution in [0.3, 0.4) is 0 Å². The molecule has 0 aliphatic carbocycles. The Balaban J connectivity index is 4.53. The quantitative estimate of drug-likeness (QED) is 0.261. The number of nitrogens with zero attached hydrogens (tertiary/aromatic N) is 1. The second-order valence-electron chi connectivity index (χ2n) is 4.37. The molecular weight excluding hydrogens is 246 g/mol. The SMILES string of the molecule is CN(C)CC(=O)C(O)C(O)C(O)C(O)C(O)CO. The molecule has 8 nitrogen and oxygen atoms in total. The second-order valence-corrected chi connectivity index (χ2v) is 4.37. The van der Waals surface area contributed by atoms with Gasteiger partial charge in [-0.1, -0.05) is 0 Å². The zero-order valence-electron chi connectivity index (χ0n) is 10.3. The van der Waals surface area contributed by atoms with Gasteiger partial charge in [0.15, 0.2) is 5.78 Å². The zero-order chi connectivity index (χ0) is 14.5. The first kappa shape index (κ1) is 17.4. The Hall–Kier alpha value is -0.610. The predicted molar refractivity (Wildman–Crippen MR) is 60.7 cm³/mol. The summed E-state index contributed by atoms with van der Waals surface area (Å²) in [6.07, 6.45) is -9.33. The third-order valence-electron chi connectivity index (χ3n) is 2.41. The van der Waals surface area contributed by atoms with Gasteiger partial charge in [-0.2, -0.15) is 0 Å². The summed E-state index contributed by atoms with van der Waals surface area (Å²) in [5, 5.41) is 55.3. The van der Waals surface area contributed by atoms with Crippen LogP contribution in [0.25, 0.3) is 0 Å². The number of Topliss-reactive ketones (excluding diaryl/α,β-unsaturated/α-hetero) is 1. The highest BCUT2D eigenvalue weighted by Crippen LogP contribution is 2.09. The van der Waals surface area contributed by atoms with Gasteiger partial charge < -0.3 is 35.5 Å². The molecular formula is C10H21NO7. The predicted octanol–water partition coefficient (Wildman–Crippen LogP) is -4.09. The maximum absolute atomic E-state index is 11.4. The minimum Gasteiger partial charge on any atom is -0.394 e. The van der Waals surface area contributed by atoms with Crippen LogP contribution in [0, 0.1) is 0 Å². The number of aliphatic hydroxyl groups is 6. The molecule has 0 aromatic heterocycles. The Kier molecular flexibility index (Phi) is 7.48. The lowest BCUT2D eigenvalue weighted by Gasteiger charge is -2.28. The van der Waals surface area contributed by atoms with E-state index in [1.54, 1.807) is 14.1 Å². The molecule has 0 radical (unpaired) electrons. The molecule has 5 atom stereocenters. The van der Waals surface area contributed by atoms with E-state index in [-0.39, 0.29) is 6.54 Å². The summed E-state index contributed by atoms with van der Waals surface area (Å²) in [5.74, 6) is -0.739. The summed E-state index contributed by atoms with van der Waals surface area (Å²) in [6.45, 7) is -0.976. The van der Waals surface area contributed by atoms with Gasteiger partial charge in [0.05, 0.1) is 13.2 Å². The molecule has 6 N–H and O–H groups in total. The molecule has 0 fully saturated rings. The maximum atomic E-state index is 11.4. The minimum absolute atomic E-state index is 0.149. The highest BCUT2D eigenvalue weighted by Gasteiger charge is 2.36. The fraction of sp³-hybridized carbons (Fsp3) is 0.900. The van der Waals surface area contributed by atoms with Crippen molar-refractivity contribution >= 4 is 5.78 Å². The highest BCUT2D eigenvalue weighted by atomic mass is 16.4. The lowest BCUT2D eigenvalue weighted by Crippen LogP contribution is -2.52. The van der Waals surface area contributed by atoms with Gasteiger partial charge in [-0.25, -0.2) is 0 Å². The van der Waals surface area contributed by atoms with Crippen molar-refractivity contribution < 1.29 is 35.4 Å². The Morgan fingerprint density at radius 1 is 1.00 bits per heavy atom. The average Bonchev–Trinajstić information content (AvgIpc) is 2.33. The lowest BCUT2D eigenvalue weighted by atomic mass is 9.97. The first-order chi connectivity index (χ1) is 8.22. The molecule has 0 aromatic rings. The molecule has 0 heterocycles. The third kappa shape index (κ3) is 4.94. The molecule has 5 unspecified atom stereocenters. The normalized spacial score (nSPS) is 20.3. The number of hydrogen-bond donors (Lipinski definition) is 6. The highest BCUT2D eigenvalue weighted by molar-refractivity contribution is 5.85. The topological polar surface area (TPSA) is 142 Å². The standard InChI is InChI=1S/C10H21NO7/c1-11(2)3-5(13)7(15)9(17)10(18)8(16)6(14)4-12/h6-10,12,14-18H,3-4H2,1-2H3. The van der Waals surface area contributed by atoms with E-state index >= 15 is 0 Å². The summed E-state index contributed by atoms with van der Waals surface area (Å²) in [7, 11) is 3.16. The largest absolute Gasteiger partial charge is 0.394 e. The molecule has 0 aromatic carbocycles. The number of hydrogen-bond acceptors (Lipinski definition) is 8. The van der Waals surface area contributed by atoms with Gasteiger partial charge in [0.25, 0.3) is 0 Å². The van der Waals surface area contributed by atoms with Crippen molar-refractivity contribution in [2.24, 2.45) is 0 Å². The Morgan fingerprint density at radius 3 is 1.89 bits per heavy atom. The van der Waals surface area contributed by atoms with Gasteiger partial charge >= 0.3 is 0 Å². The summed E-state index contributed by atoms with van der Waals surface area (Å²) >= 11 is 0. The van der Waals surface area contributed by atoms with Crippen molar-refractivity contribution in [2.75, 3.05) is 27.2 Å². The fourth-order valence-electron chi connectivity index (χ4n) is 1.32. The first-order valence-electron chi connectivity index (χ1n) is 5.41. The number of aliphatic hydroxyl groups excluding tert-OH is 6. The van der Waals surface area contributed by atoms with E-state index in [1.165, 1.54) is 4.90 Å². The molecule has 0 aliphatic heterocycles. The molecule has 8 heteroatoms. The summed E-state index contributed by atoms with van der Waals surface area (Å²) in [5.41, 5.74) is 0. The number of rotatable bonds is 8. The first-order valence-corrected chi connectivity index (χ1v) is 5.41. The van der Waals surface area contributed by atoms with Crippen LogP contribution in [0.5, 0.6) is 0 Å². The van der Waals surface area contributed by atoms with Crippen LogP contribution in [-0.2, 0) is 4.79 Å². The number of carbonyl (C=O) groups is 1. The Labute approximate surface area is 105 Å². The number of carbonyl (C=O) groups excluding carboxylic acids is 1.